The van der Waals surface area contributed by atoms with E-state index in [2.05, 4.69) is 22.7 Å². The van der Waals surface area contributed by atoms with E-state index in [1.165, 1.54) is 0 Å². The lowest BCUT2D eigenvalue weighted by Crippen LogP contribution is -1.90. The zero-order valence-electron chi connectivity index (χ0n) is 14.7. The van der Waals surface area contributed by atoms with Crippen molar-refractivity contribution in [1.29, 1.82) is 0 Å². The smallest absolute Gasteiger partial charge is 0.204 e. The topological polar surface area (TPSA) is 57.5 Å². The van der Waals surface area contributed by atoms with E-state index >= 15 is 0 Å². The first-order chi connectivity index (χ1) is 13.7. The molecule has 4 aromatic rings. The van der Waals surface area contributed by atoms with Crippen molar-refractivity contribution >= 4 is 34.3 Å². The molecule has 0 unspecified atom stereocenters. The predicted molar refractivity (Wildman–Crippen MR) is 117 cm³/mol. The Labute approximate surface area is 171 Å². The number of hydrogen-bond acceptors (Lipinski definition) is 5. The van der Waals surface area contributed by atoms with Crippen LogP contribution < -0.4 is 5.43 Å². The van der Waals surface area contributed by atoms with Crippen LogP contribution in [0.2, 0.25) is 5.02 Å². The normalized spacial score (nSPS) is 11.0. The number of halogens is 1. The van der Waals surface area contributed by atoms with E-state index in [0.29, 0.717) is 10.2 Å². The minimum Gasteiger partial charge on any atom is -0.508 e. The first-order valence-corrected chi connectivity index (χ1v) is 9.79. The summed E-state index contributed by atoms with van der Waals surface area (Å²) in [5, 5.41) is 15.0. The average molecular weight is 406 g/mol. The van der Waals surface area contributed by atoms with E-state index in [4.69, 9.17) is 16.6 Å². The highest BCUT2D eigenvalue weighted by Gasteiger charge is 2.14. The van der Waals surface area contributed by atoms with E-state index in [1.807, 2.05) is 42.5 Å². The monoisotopic (exact) mass is 405 g/mol. The molecule has 0 radical (unpaired) electrons. The van der Waals surface area contributed by atoms with Crippen LogP contribution >= 0.6 is 22.9 Å². The molecule has 0 aliphatic heterocycles. The zero-order chi connectivity index (χ0) is 19.3. The molecule has 4 nitrogen and oxygen atoms in total. The van der Waals surface area contributed by atoms with Crippen LogP contribution in [-0.2, 0) is 0 Å². The van der Waals surface area contributed by atoms with Crippen LogP contribution in [0.1, 0.15) is 5.56 Å². The summed E-state index contributed by atoms with van der Waals surface area (Å²) in [5.74, 6) is 0.227. The molecule has 0 bridgehead atoms. The molecule has 0 aliphatic rings. The average Bonchev–Trinajstić information content (AvgIpc) is 3.15. The molecule has 28 heavy (non-hydrogen) atoms. The molecule has 1 heterocycles. The highest BCUT2D eigenvalue weighted by molar-refractivity contribution is 7.19. The van der Waals surface area contributed by atoms with Gasteiger partial charge in [-0.2, -0.15) is 5.10 Å². The Hall–Kier alpha value is -3.15. The van der Waals surface area contributed by atoms with Crippen molar-refractivity contribution in [2.24, 2.45) is 5.10 Å². The van der Waals surface area contributed by atoms with Gasteiger partial charge in [-0.15, -0.1) is 0 Å². The molecule has 0 aliphatic carbocycles. The number of aromatic nitrogens is 1. The first-order valence-electron chi connectivity index (χ1n) is 8.59. The lowest BCUT2D eigenvalue weighted by Gasteiger charge is -2.02. The molecule has 3 aromatic carbocycles. The van der Waals surface area contributed by atoms with Crippen LogP contribution in [0.3, 0.4) is 0 Å². The van der Waals surface area contributed by atoms with Gasteiger partial charge < -0.3 is 5.11 Å². The number of nitrogens with one attached hydrogen (secondary N) is 1. The van der Waals surface area contributed by atoms with Crippen LogP contribution in [0.25, 0.3) is 21.7 Å². The third-order valence-corrected chi connectivity index (χ3v) is 5.31. The van der Waals surface area contributed by atoms with Crippen molar-refractivity contribution in [3.63, 3.8) is 0 Å². The van der Waals surface area contributed by atoms with Crippen molar-refractivity contribution in [3.05, 3.63) is 89.4 Å². The third-order valence-electron chi connectivity index (χ3n) is 4.05. The maximum absolute atomic E-state index is 9.35. The number of phenolic OH excluding ortho intramolecular Hbond substituents is 1. The number of rotatable bonds is 5. The Morgan fingerprint density at radius 1 is 0.893 bits per heavy atom. The standard InChI is InChI=1S/C22H16ClN3OS/c23-18-10-8-16(9-11-18)20-21(17-4-2-1-3-5-17)28-22(25-20)26-24-14-15-6-12-19(27)13-7-15/h1-14,27H,(H,25,26). The fourth-order valence-corrected chi connectivity index (χ4v) is 3.75. The van der Waals surface area contributed by atoms with Crippen LogP contribution in [0.5, 0.6) is 5.75 Å². The summed E-state index contributed by atoms with van der Waals surface area (Å²) in [6, 6.07) is 24.6. The van der Waals surface area contributed by atoms with Gasteiger partial charge in [0, 0.05) is 10.6 Å². The number of anilines is 1. The predicted octanol–water partition coefficient (Wildman–Crippen LogP) is 6.28. The van der Waals surface area contributed by atoms with Gasteiger partial charge in [-0.25, -0.2) is 4.98 Å². The highest BCUT2D eigenvalue weighted by Crippen LogP contribution is 2.39. The van der Waals surface area contributed by atoms with Gasteiger partial charge in [0.1, 0.15) is 5.75 Å². The molecule has 0 amide bonds. The molecule has 1 aromatic heterocycles. The van der Waals surface area contributed by atoms with Crippen LogP contribution in [0.15, 0.2) is 84.0 Å². The van der Waals surface area contributed by atoms with E-state index < -0.39 is 0 Å². The Bertz CT molecular complexity index is 1090. The van der Waals surface area contributed by atoms with Crippen LogP contribution in [-0.4, -0.2) is 16.3 Å². The van der Waals surface area contributed by atoms with Gasteiger partial charge in [0.15, 0.2) is 0 Å². The summed E-state index contributed by atoms with van der Waals surface area (Å²) in [6.45, 7) is 0. The van der Waals surface area contributed by atoms with Gasteiger partial charge in [0.2, 0.25) is 5.13 Å². The minimum absolute atomic E-state index is 0.227. The van der Waals surface area contributed by atoms with Crippen molar-refractivity contribution in [2.45, 2.75) is 0 Å². The van der Waals surface area contributed by atoms with Crippen LogP contribution in [0, 0.1) is 0 Å². The van der Waals surface area contributed by atoms with Gasteiger partial charge >= 0.3 is 0 Å². The molecule has 138 valence electrons. The van der Waals surface area contributed by atoms with Crippen molar-refractivity contribution in [2.75, 3.05) is 5.43 Å². The third kappa shape index (κ3) is 4.22. The molecular weight excluding hydrogens is 390 g/mol. The Balaban J connectivity index is 1.65. The second kappa shape index (κ2) is 8.25. The molecule has 4 rings (SSSR count). The zero-order valence-corrected chi connectivity index (χ0v) is 16.3. The number of benzene rings is 3. The summed E-state index contributed by atoms with van der Waals surface area (Å²) in [7, 11) is 0. The van der Waals surface area contributed by atoms with E-state index in [9.17, 15) is 5.11 Å². The molecule has 0 atom stereocenters. The van der Waals surface area contributed by atoms with Gasteiger partial charge in [0.05, 0.1) is 16.8 Å². The van der Waals surface area contributed by atoms with E-state index in [0.717, 1.165) is 27.3 Å². The Kier molecular flexibility index (Phi) is 5.37. The van der Waals surface area contributed by atoms with Crippen molar-refractivity contribution in [1.82, 2.24) is 4.98 Å². The quantitative estimate of drug-likeness (QED) is 0.303. The summed E-state index contributed by atoms with van der Waals surface area (Å²) in [4.78, 5) is 5.80. The van der Waals surface area contributed by atoms with Gasteiger partial charge in [-0.05, 0) is 47.5 Å². The van der Waals surface area contributed by atoms with E-state index in [-0.39, 0.29) is 5.75 Å². The highest BCUT2D eigenvalue weighted by atomic mass is 35.5. The number of hydrogen-bond donors (Lipinski definition) is 2. The number of aromatic hydroxyl groups is 1. The number of thiazole rings is 1. The summed E-state index contributed by atoms with van der Waals surface area (Å²) in [5.41, 5.74) is 6.86. The van der Waals surface area contributed by atoms with Gasteiger partial charge in [-0.1, -0.05) is 65.4 Å². The fraction of sp³-hybridized carbons (Fsp3) is 0. The SMILES string of the molecule is Oc1ccc(C=NNc2nc(-c3ccc(Cl)cc3)c(-c3ccccc3)s2)cc1. The molecule has 0 spiro atoms. The molecule has 0 fully saturated rings. The lowest BCUT2D eigenvalue weighted by atomic mass is 10.1. The molecular formula is C22H16ClN3OS. The Morgan fingerprint density at radius 3 is 2.32 bits per heavy atom. The molecule has 0 saturated heterocycles. The summed E-state index contributed by atoms with van der Waals surface area (Å²) >= 11 is 7.57. The van der Waals surface area contributed by atoms with Gasteiger partial charge in [-0.3, -0.25) is 5.43 Å². The first kappa shape index (κ1) is 18.2. The molecule has 2 N–H and O–H groups in total. The second-order valence-electron chi connectivity index (χ2n) is 6.03. The van der Waals surface area contributed by atoms with Gasteiger partial charge in [0.25, 0.3) is 0 Å². The molecule has 0 saturated carbocycles. The summed E-state index contributed by atoms with van der Waals surface area (Å²) in [6.07, 6.45) is 1.69. The number of nitrogens with zero attached hydrogens (tertiary/aromatic N) is 2. The number of phenols is 1. The van der Waals surface area contributed by atoms with Crippen molar-refractivity contribution in [3.8, 4) is 27.4 Å². The minimum atomic E-state index is 0.227. The largest absolute Gasteiger partial charge is 0.508 e. The van der Waals surface area contributed by atoms with E-state index in [1.54, 1.807) is 41.8 Å². The maximum atomic E-state index is 9.35. The second-order valence-corrected chi connectivity index (χ2v) is 7.47. The lowest BCUT2D eigenvalue weighted by molar-refractivity contribution is 0.475. The summed E-state index contributed by atoms with van der Waals surface area (Å²) < 4.78 is 0. The maximum Gasteiger partial charge on any atom is 0.204 e. The fourth-order valence-electron chi connectivity index (χ4n) is 2.68. The Morgan fingerprint density at radius 2 is 1.61 bits per heavy atom. The number of hydrazone groups is 1. The molecule has 6 heteroatoms. The van der Waals surface area contributed by atoms with Crippen molar-refractivity contribution < 1.29 is 5.11 Å². The van der Waals surface area contributed by atoms with Crippen LogP contribution in [0.4, 0.5) is 5.13 Å².